The number of H-pyrrole nitrogens is 1. The Kier molecular flexibility index (Phi) is 7.60. The molecule has 5 aromatic rings. The quantitative estimate of drug-likeness (QED) is 0.206. The largest absolute Gasteiger partial charge is 0.437 e. The van der Waals surface area contributed by atoms with Gasteiger partial charge >= 0.3 is 0 Å². The van der Waals surface area contributed by atoms with Gasteiger partial charge in [-0.2, -0.15) is 0 Å². The van der Waals surface area contributed by atoms with E-state index in [-0.39, 0.29) is 11.5 Å². The van der Waals surface area contributed by atoms with Crippen LogP contribution >= 0.6 is 11.6 Å². The highest BCUT2D eigenvalue weighted by atomic mass is 35.5. The molecule has 0 aliphatic heterocycles. The minimum absolute atomic E-state index is 0.0601. The van der Waals surface area contributed by atoms with Gasteiger partial charge in [-0.1, -0.05) is 68.8 Å². The van der Waals surface area contributed by atoms with Crippen molar-refractivity contribution in [3.63, 3.8) is 0 Å². The molecule has 0 saturated heterocycles. The maximum absolute atomic E-state index is 6.32. The first-order valence-electron chi connectivity index (χ1n) is 13.1. The Balaban J connectivity index is 1.34. The minimum Gasteiger partial charge on any atom is -0.437 e. The van der Waals surface area contributed by atoms with Crippen molar-refractivity contribution in [1.29, 1.82) is 0 Å². The number of halogens is 1. The van der Waals surface area contributed by atoms with E-state index in [9.17, 15) is 0 Å². The number of nitrogens with zero attached hydrogens (tertiary/aromatic N) is 3. The molecule has 0 fully saturated rings. The van der Waals surface area contributed by atoms with Gasteiger partial charge in [-0.05, 0) is 73.0 Å². The molecule has 5 rings (SSSR count). The molecule has 200 valence electrons. The minimum atomic E-state index is -0.0601. The van der Waals surface area contributed by atoms with Crippen molar-refractivity contribution in [2.75, 3.05) is 12.4 Å². The van der Waals surface area contributed by atoms with Crippen molar-refractivity contribution in [3.8, 4) is 11.6 Å². The van der Waals surface area contributed by atoms with E-state index in [0.29, 0.717) is 11.8 Å². The number of rotatable bonds is 8. The summed E-state index contributed by atoms with van der Waals surface area (Å²) in [7, 11) is 2.13. The molecule has 0 saturated carbocycles. The second kappa shape index (κ2) is 11.1. The SMILES string of the molecule is CC(c1ccc2nc(Nc3cccnc3Oc3ccccc3C(C)(C)C)[nH]c2c1)N(C)Cc1ccc(Cl)cc1. The molecule has 1 unspecified atom stereocenters. The standard InChI is InChI=1S/C32H34ClN5O/c1-21(38(5)20-22-12-15-24(33)16-13-22)23-14-17-26-28(19-23)37-31(35-26)36-27-10-8-18-34-30(27)39-29-11-7-6-9-25(29)32(2,3)4/h6-19,21H,20H2,1-5H3,(H2,35,36,37). The summed E-state index contributed by atoms with van der Waals surface area (Å²) >= 11 is 6.04. The zero-order valence-corrected chi connectivity index (χ0v) is 23.8. The molecule has 6 nitrogen and oxygen atoms in total. The van der Waals surface area contributed by atoms with Gasteiger partial charge < -0.3 is 15.0 Å². The molecule has 0 spiro atoms. The number of hydrogen-bond acceptors (Lipinski definition) is 5. The third-order valence-electron chi connectivity index (χ3n) is 6.92. The van der Waals surface area contributed by atoms with Gasteiger partial charge in [-0.15, -0.1) is 0 Å². The monoisotopic (exact) mass is 539 g/mol. The fourth-order valence-electron chi connectivity index (χ4n) is 4.59. The lowest BCUT2D eigenvalue weighted by molar-refractivity contribution is 0.253. The van der Waals surface area contributed by atoms with Crippen LogP contribution in [-0.4, -0.2) is 26.9 Å². The van der Waals surface area contributed by atoms with Crippen LogP contribution in [0.3, 0.4) is 0 Å². The number of para-hydroxylation sites is 1. The van der Waals surface area contributed by atoms with Crippen LogP contribution in [-0.2, 0) is 12.0 Å². The van der Waals surface area contributed by atoms with Gasteiger partial charge in [0.2, 0.25) is 11.8 Å². The Hall–Kier alpha value is -3.87. The molecular weight excluding hydrogens is 506 g/mol. The zero-order chi connectivity index (χ0) is 27.6. The van der Waals surface area contributed by atoms with E-state index in [4.69, 9.17) is 21.3 Å². The Morgan fingerprint density at radius 1 is 1.00 bits per heavy atom. The highest BCUT2D eigenvalue weighted by Gasteiger charge is 2.20. The second-order valence-electron chi connectivity index (χ2n) is 10.9. The third-order valence-corrected chi connectivity index (χ3v) is 7.17. The van der Waals surface area contributed by atoms with E-state index in [1.165, 1.54) is 11.1 Å². The Labute approximate surface area is 235 Å². The molecular formula is C32H34ClN5O. The van der Waals surface area contributed by atoms with E-state index < -0.39 is 0 Å². The highest BCUT2D eigenvalue weighted by molar-refractivity contribution is 6.30. The number of fused-ring (bicyclic) bond motifs is 1. The van der Waals surface area contributed by atoms with Gasteiger partial charge in [-0.25, -0.2) is 9.97 Å². The summed E-state index contributed by atoms with van der Waals surface area (Å²) in [5, 5.41) is 4.13. The zero-order valence-electron chi connectivity index (χ0n) is 23.0. The molecule has 0 radical (unpaired) electrons. The molecule has 1 atom stereocenters. The molecule has 0 aliphatic carbocycles. The van der Waals surface area contributed by atoms with Crippen molar-refractivity contribution >= 4 is 34.3 Å². The number of aromatic nitrogens is 3. The van der Waals surface area contributed by atoms with Gasteiger partial charge in [0, 0.05) is 29.4 Å². The van der Waals surface area contributed by atoms with Crippen molar-refractivity contribution in [3.05, 3.63) is 107 Å². The highest BCUT2D eigenvalue weighted by Crippen LogP contribution is 2.36. The molecule has 2 heterocycles. The van der Waals surface area contributed by atoms with Crippen molar-refractivity contribution in [2.24, 2.45) is 0 Å². The average Bonchev–Trinajstić information content (AvgIpc) is 3.32. The maximum Gasteiger partial charge on any atom is 0.243 e. The lowest BCUT2D eigenvalue weighted by atomic mass is 9.86. The van der Waals surface area contributed by atoms with Crippen LogP contribution in [0.1, 0.15) is 50.4 Å². The number of nitrogens with one attached hydrogen (secondary N) is 2. The van der Waals surface area contributed by atoms with E-state index in [1.807, 2.05) is 42.5 Å². The summed E-state index contributed by atoms with van der Waals surface area (Å²) in [5.74, 6) is 1.91. The summed E-state index contributed by atoms with van der Waals surface area (Å²) in [6, 6.07) is 26.5. The number of aromatic amines is 1. The van der Waals surface area contributed by atoms with Gasteiger partial charge in [0.25, 0.3) is 0 Å². The van der Waals surface area contributed by atoms with Crippen molar-refractivity contribution < 1.29 is 4.74 Å². The first kappa shape index (κ1) is 26.7. The first-order valence-corrected chi connectivity index (χ1v) is 13.5. The summed E-state index contributed by atoms with van der Waals surface area (Å²) in [5.41, 5.74) is 6.07. The lowest BCUT2D eigenvalue weighted by Crippen LogP contribution is -2.21. The molecule has 3 aromatic carbocycles. The maximum atomic E-state index is 6.32. The second-order valence-corrected chi connectivity index (χ2v) is 11.3. The summed E-state index contributed by atoms with van der Waals surface area (Å²) in [4.78, 5) is 15.0. The summed E-state index contributed by atoms with van der Waals surface area (Å²) in [6.45, 7) is 9.55. The fraction of sp³-hybridized carbons (Fsp3) is 0.250. The predicted molar refractivity (Wildman–Crippen MR) is 160 cm³/mol. The van der Waals surface area contributed by atoms with Crippen LogP contribution in [0.4, 0.5) is 11.6 Å². The molecule has 7 heteroatoms. The molecule has 0 bridgehead atoms. The normalized spacial score (nSPS) is 12.6. The van der Waals surface area contributed by atoms with Gasteiger partial charge in [-0.3, -0.25) is 4.90 Å². The van der Waals surface area contributed by atoms with E-state index >= 15 is 0 Å². The summed E-state index contributed by atoms with van der Waals surface area (Å²) in [6.07, 6.45) is 1.73. The van der Waals surface area contributed by atoms with Crippen LogP contribution in [0.25, 0.3) is 11.0 Å². The molecule has 0 amide bonds. The molecule has 0 aliphatic rings. The van der Waals surface area contributed by atoms with E-state index in [0.717, 1.165) is 39.6 Å². The summed E-state index contributed by atoms with van der Waals surface area (Å²) < 4.78 is 6.32. The van der Waals surface area contributed by atoms with Crippen LogP contribution in [0, 0.1) is 0 Å². The lowest BCUT2D eigenvalue weighted by Gasteiger charge is -2.25. The first-order chi connectivity index (χ1) is 18.7. The van der Waals surface area contributed by atoms with Crippen LogP contribution in [0.15, 0.2) is 85.1 Å². The number of benzene rings is 3. The number of imidazole rings is 1. The van der Waals surface area contributed by atoms with Crippen molar-refractivity contribution in [2.45, 2.75) is 45.7 Å². The number of hydrogen-bond donors (Lipinski definition) is 2. The number of ether oxygens (including phenoxy) is 1. The average molecular weight is 540 g/mol. The van der Waals surface area contributed by atoms with Gasteiger partial charge in [0.1, 0.15) is 11.4 Å². The topological polar surface area (TPSA) is 66.1 Å². The van der Waals surface area contributed by atoms with E-state index in [1.54, 1.807) is 6.20 Å². The van der Waals surface area contributed by atoms with Crippen LogP contribution < -0.4 is 10.1 Å². The molecule has 39 heavy (non-hydrogen) atoms. The predicted octanol–water partition coefficient (Wildman–Crippen LogP) is 8.64. The number of anilines is 2. The number of pyridine rings is 1. The molecule has 2 aromatic heterocycles. The van der Waals surface area contributed by atoms with Crippen LogP contribution in [0.2, 0.25) is 5.02 Å². The Bertz CT molecular complexity index is 1570. The van der Waals surface area contributed by atoms with Crippen LogP contribution in [0.5, 0.6) is 11.6 Å². The Morgan fingerprint density at radius 2 is 1.77 bits per heavy atom. The van der Waals surface area contributed by atoms with Crippen molar-refractivity contribution in [1.82, 2.24) is 19.9 Å². The molecule has 2 N–H and O–H groups in total. The fourth-order valence-corrected chi connectivity index (χ4v) is 4.72. The van der Waals surface area contributed by atoms with Gasteiger partial charge in [0.15, 0.2) is 0 Å². The Morgan fingerprint density at radius 3 is 2.54 bits per heavy atom. The van der Waals surface area contributed by atoms with Gasteiger partial charge in [0.05, 0.1) is 11.0 Å². The van der Waals surface area contributed by atoms with E-state index in [2.05, 4.69) is 91.3 Å². The smallest absolute Gasteiger partial charge is 0.243 e. The third kappa shape index (κ3) is 6.24.